The fourth-order valence-electron chi connectivity index (χ4n) is 3.71. The Balaban J connectivity index is 1.65. The first-order valence-electron chi connectivity index (χ1n) is 10.5. The van der Waals surface area contributed by atoms with Crippen molar-refractivity contribution in [2.75, 3.05) is 17.1 Å². The molecule has 1 saturated carbocycles. The molecule has 0 spiro atoms. The molecule has 0 heterocycles. The van der Waals surface area contributed by atoms with E-state index in [2.05, 4.69) is 5.32 Å². The highest BCUT2D eigenvalue weighted by Crippen LogP contribution is 2.25. The van der Waals surface area contributed by atoms with E-state index in [1.54, 1.807) is 24.3 Å². The van der Waals surface area contributed by atoms with E-state index in [4.69, 9.17) is 4.74 Å². The third-order valence-electron chi connectivity index (χ3n) is 5.26. The van der Waals surface area contributed by atoms with Gasteiger partial charge in [0.05, 0.1) is 11.9 Å². The van der Waals surface area contributed by atoms with Crippen molar-refractivity contribution in [2.45, 2.75) is 51.0 Å². The first-order valence-corrected chi connectivity index (χ1v) is 12.4. The Morgan fingerprint density at radius 2 is 1.50 bits per heavy atom. The summed E-state index contributed by atoms with van der Waals surface area (Å²) in [5.41, 5.74) is 0.436. The minimum atomic E-state index is -3.61. The van der Waals surface area contributed by atoms with E-state index in [1.807, 2.05) is 30.3 Å². The van der Waals surface area contributed by atoms with E-state index >= 15 is 0 Å². The fraction of sp³-hybridized carbons (Fsp3) is 0.435. The van der Waals surface area contributed by atoms with Gasteiger partial charge in [-0.25, -0.2) is 8.42 Å². The molecule has 0 radical (unpaired) electrons. The first kappa shape index (κ1) is 22.2. The van der Waals surface area contributed by atoms with Gasteiger partial charge in [-0.2, -0.15) is 0 Å². The van der Waals surface area contributed by atoms with Gasteiger partial charge in [0.25, 0.3) is 0 Å². The Hall–Kier alpha value is -2.54. The van der Waals surface area contributed by atoms with Crippen LogP contribution in [0.25, 0.3) is 0 Å². The molecule has 2 aromatic rings. The van der Waals surface area contributed by atoms with E-state index in [0.717, 1.165) is 36.2 Å². The van der Waals surface area contributed by atoms with Gasteiger partial charge in [0.15, 0.2) is 0 Å². The van der Waals surface area contributed by atoms with Crippen molar-refractivity contribution in [2.24, 2.45) is 0 Å². The highest BCUT2D eigenvalue weighted by Gasteiger charge is 2.22. The highest BCUT2D eigenvalue weighted by molar-refractivity contribution is 7.92. The van der Waals surface area contributed by atoms with Crippen molar-refractivity contribution < 1.29 is 17.9 Å². The largest absolute Gasteiger partial charge is 0.457 e. The molecule has 0 aromatic heterocycles. The predicted octanol–water partition coefficient (Wildman–Crippen LogP) is 4.47. The van der Waals surface area contributed by atoms with Gasteiger partial charge < -0.3 is 10.1 Å². The smallest absolute Gasteiger partial charge is 0.240 e. The van der Waals surface area contributed by atoms with Crippen LogP contribution in [0.15, 0.2) is 54.6 Å². The van der Waals surface area contributed by atoms with Crippen LogP contribution >= 0.6 is 0 Å². The number of rotatable bonds is 7. The molecule has 0 bridgehead atoms. The van der Waals surface area contributed by atoms with Gasteiger partial charge in [-0.3, -0.25) is 9.10 Å². The Morgan fingerprint density at radius 1 is 0.933 bits per heavy atom. The number of nitrogens with zero attached hydrogens (tertiary/aromatic N) is 1. The number of ether oxygens (including phenoxy) is 1. The Kier molecular flexibility index (Phi) is 7.74. The third-order valence-corrected chi connectivity index (χ3v) is 6.40. The van der Waals surface area contributed by atoms with Gasteiger partial charge in [-0.15, -0.1) is 0 Å². The van der Waals surface area contributed by atoms with Gasteiger partial charge in [0.1, 0.15) is 18.0 Å². The van der Waals surface area contributed by atoms with Crippen molar-refractivity contribution in [3.8, 4) is 11.5 Å². The number of amides is 1. The molecule has 6 nitrogen and oxygen atoms in total. The zero-order valence-corrected chi connectivity index (χ0v) is 18.2. The van der Waals surface area contributed by atoms with Crippen LogP contribution in [0, 0.1) is 0 Å². The number of hydrogen-bond donors (Lipinski definition) is 1. The van der Waals surface area contributed by atoms with Crippen LogP contribution in [0.2, 0.25) is 0 Å². The lowest BCUT2D eigenvalue weighted by molar-refractivity contribution is -0.120. The Bertz CT molecular complexity index is 906. The molecule has 1 aliphatic carbocycles. The van der Waals surface area contributed by atoms with Crippen molar-refractivity contribution >= 4 is 21.6 Å². The minimum absolute atomic E-state index is 0.126. The molecule has 0 saturated heterocycles. The molecule has 0 aliphatic heterocycles. The number of benzene rings is 2. The van der Waals surface area contributed by atoms with Crippen LogP contribution in [0.3, 0.4) is 0 Å². The molecule has 0 unspecified atom stereocenters. The highest BCUT2D eigenvalue weighted by atomic mass is 32.2. The maximum Gasteiger partial charge on any atom is 0.240 e. The molecule has 162 valence electrons. The minimum Gasteiger partial charge on any atom is -0.457 e. The Morgan fingerprint density at radius 3 is 2.10 bits per heavy atom. The summed E-state index contributed by atoms with van der Waals surface area (Å²) in [6.07, 6.45) is 8.87. The molecule has 2 aromatic carbocycles. The zero-order chi connectivity index (χ0) is 21.4. The summed E-state index contributed by atoms with van der Waals surface area (Å²) < 4.78 is 31.6. The van der Waals surface area contributed by atoms with Gasteiger partial charge in [0.2, 0.25) is 15.9 Å². The van der Waals surface area contributed by atoms with Crippen LogP contribution in [0.1, 0.15) is 44.9 Å². The molecular weight excluding hydrogens is 400 g/mol. The van der Waals surface area contributed by atoms with Crippen molar-refractivity contribution in [3.05, 3.63) is 54.6 Å². The van der Waals surface area contributed by atoms with Crippen molar-refractivity contribution in [3.63, 3.8) is 0 Å². The number of sulfonamides is 1. The van der Waals surface area contributed by atoms with Gasteiger partial charge in [0, 0.05) is 6.04 Å². The molecule has 1 amide bonds. The summed E-state index contributed by atoms with van der Waals surface area (Å²) in [6, 6.07) is 16.2. The van der Waals surface area contributed by atoms with E-state index in [-0.39, 0.29) is 18.5 Å². The normalized spacial score (nSPS) is 15.6. The predicted molar refractivity (Wildman–Crippen MR) is 119 cm³/mol. The molecule has 7 heteroatoms. The average Bonchev–Trinajstić information content (AvgIpc) is 2.69. The second-order valence-corrected chi connectivity index (χ2v) is 9.70. The van der Waals surface area contributed by atoms with Gasteiger partial charge >= 0.3 is 0 Å². The van der Waals surface area contributed by atoms with E-state index < -0.39 is 10.0 Å². The third kappa shape index (κ3) is 6.76. The number of anilines is 1. The second-order valence-electron chi connectivity index (χ2n) is 7.79. The van der Waals surface area contributed by atoms with Crippen LogP contribution in [0.5, 0.6) is 11.5 Å². The quantitative estimate of drug-likeness (QED) is 0.703. The van der Waals surface area contributed by atoms with E-state index in [0.29, 0.717) is 17.2 Å². The van der Waals surface area contributed by atoms with E-state index in [1.165, 1.54) is 19.3 Å². The molecule has 1 N–H and O–H groups in total. The summed E-state index contributed by atoms with van der Waals surface area (Å²) in [5.74, 6) is 1.02. The summed E-state index contributed by atoms with van der Waals surface area (Å²) in [4.78, 5) is 12.6. The maximum absolute atomic E-state index is 12.6. The van der Waals surface area contributed by atoms with Crippen LogP contribution in [-0.4, -0.2) is 33.2 Å². The van der Waals surface area contributed by atoms with Crippen LogP contribution < -0.4 is 14.4 Å². The number of nitrogens with one attached hydrogen (secondary N) is 1. The standard InChI is InChI=1S/C23H30N2O4S/c1-30(27,28)25(18-23(26)24-19-10-6-3-2-4-7-11-19)20-14-16-22(17-15-20)29-21-12-8-5-9-13-21/h5,8-9,12-17,19H,2-4,6-7,10-11,18H2,1H3,(H,24,26). The number of carbonyl (C=O) groups excluding carboxylic acids is 1. The van der Waals surface area contributed by atoms with E-state index in [9.17, 15) is 13.2 Å². The number of para-hydroxylation sites is 1. The van der Waals surface area contributed by atoms with Crippen molar-refractivity contribution in [1.82, 2.24) is 5.32 Å². The summed E-state index contributed by atoms with van der Waals surface area (Å²) in [7, 11) is -3.61. The molecule has 1 fully saturated rings. The lowest BCUT2D eigenvalue weighted by Gasteiger charge is -2.25. The SMILES string of the molecule is CS(=O)(=O)N(CC(=O)NC1CCCCCCC1)c1ccc(Oc2ccccc2)cc1. The second kappa shape index (κ2) is 10.5. The maximum atomic E-state index is 12.6. The first-order chi connectivity index (χ1) is 14.4. The average molecular weight is 431 g/mol. The fourth-order valence-corrected chi connectivity index (χ4v) is 4.57. The van der Waals surface area contributed by atoms with Crippen LogP contribution in [-0.2, 0) is 14.8 Å². The monoisotopic (exact) mass is 430 g/mol. The summed E-state index contributed by atoms with van der Waals surface area (Å²) in [6.45, 7) is -0.228. The lowest BCUT2D eigenvalue weighted by Crippen LogP contribution is -2.44. The summed E-state index contributed by atoms with van der Waals surface area (Å²) >= 11 is 0. The zero-order valence-electron chi connectivity index (χ0n) is 17.4. The number of carbonyl (C=O) groups is 1. The molecule has 3 rings (SSSR count). The molecule has 1 aliphatic rings. The van der Waals surface area contributed by atoms with Crippen molar-refractivity contribution in [1.29, 1.82) is 0 Å². The number of hydrogen-bond acceptors (Lipinski definition) is 4. The Labute approximate surface area is 179 Å². The topological polar surface area (TPSA) is 75.7 Å². The molecule has 0 atom stereocenters. The molecule has 30 heavy (non-hydrogen) atoms. The lowest BCUT2D eigenvalue weighted by atomic mass is 9.97. The van der Waals surface area contributed by atoms with Gasteiger partial charge in [-0.05, 0) is 49.2 Å². The van der Waals surface area contributed by atoms with Gasteiger partial charge in [-0.1, -0.05) is 50.3 Å². The summed E-state index contributed by atoms with van der Waals surface area (Å²) in [5, 5.41) is 3.03. The molecular formula is C23H30N2O4S. The van der Waals surface area contributed by atoms with Crippen LogP contribution in [0.4, 0.5) is 5.69 Å².